The molecule has 8 rings (SSSR count). The second-order valence-corrected chi connectivity index (χ2v) is 19.1. The summed E-state index contributed by atoms with van der Waals surface area (Å²) in [4.78, 5) is 82.6. The van der Waals surface area contributed by atoms with E-state index in [9.17, 15) is 72.6 Å². The number of phenols is 3. The van der Waals surface area contributed by atoms with Gasteiger partial charge in [-0.1, -0.05) is 30.0 Å². The van der Waals surface area contributed by atoms with E-state index in [0.29, 0.717) is 16.5 Å². The minimum atomic E-state index is -4.93. The average Bonchev–Trinajstić information content (AvgIpc) is 3.60. The number of ketones is 3. The number of hydrogen-bond donors (Lipinski definition) is 8. The van der Waals surface area contributed by atoms with E-state index in [1.807, 2.05) is 0 Å². The van der Waals surface area contributed by atoms with Gasteiger partial charge in [-0.3, -0.25) is 34.2 Å². The topological polar surface area (TPSA) is 315 Å². The van der Waals surface area contributed by atoms with Gasteiger partial charge < -0.3 is 54.9 Å². The smallest absolute Gasteiger partial charge is 0.417 e. The van der Waals surface area contributed by atoms with Gasteiger partial charge >= 0.3 is 12.2 Å². The number of Topliss-reactive ketones (excluding diaryl/α,β-unsaturated/α-hetero) is 1. The first kappa shape index (κ1) is 55.3. The predicted octanol–water partition coefficient (Wildman–Crippen LogP) is 3.38. The number of nitrogens with one attached hydrogen (secondary N) is 2. The van der Waals surface area contributed by atoms with E-state index in [0.717, 1.165) is 17.0 Å². The molecule has 404 valence electrons. The van der Waals surface area contributed by atoms with Crippen molar-refractivity contribution in [3.63, 3.8) is 0 Å². The van der Waals surface area contributed by atoms with Crippen LogP contribution in [-0.4, -0.2) is 140 Å². The van der Waals surface area contributed by atoms with Crippen LogP contribution in [0.25, 0.3) is 0 Å². The number of phenolic OH excluding ortho intramolecular Hbond substituents is 3. The molecule has 21 nitrogen and oxygen atoms in total. The van der Waals surface area contributed by atoms with Crippen molar-refractivity contribution in [3.8, 4) is 40.9 Å². The number of halogens is 3. The Hall–Kier alpha value is -7.94. The zero-order valence-electron chi connectivity index (χ0n) is 41.5. The number of imide groups is 1. The van der Waals surface area contributed by atoms with Gasteiger partial charge in [0, 0.05) is 42.0 Å². The van der Waals surface area contributed by atoms with E-state index in [1.165, 1.54) is 70.3 Å². The van der Waals surface area contributed by atoms with Gasteiger partial charge in [0.25, 0.3) is 11.8 Å². The SMILES string of the molecule is COc1cccc2c1C(=O)c1c(O)c3c(c(O)c1C2=O)C[C@@](O)(C(=O)CO)C[C@@H]3O[C@H]1C[C@H](NCNC(=O)c2cc(COCC#CCN3C(=O)N(c4ccc(C#N)c(C(F)(F)F)c4)C(=O)C3(C)C)ccc2O)[C@H](O)[C@H](C)O1. The number of aliphatic hydroxyl groups excluding tert-OH is 2. The minimum absolute atomic E-state index is 0.0217. The number of ether oxygens (including phenoxy) is 4. The Kier molecular flexibility index (Phi) is 15.2. The van der Waals surface area contributed by atoms with Crippen LogP contribution in [0.3, 0.4) is 0 Å². The van der Waals surface area contributed by atoms with Gasteiger partial charge in [0.05, 0.1) is 90.4 Å². The number of urea groups is 1. The minimum Gasteiger partial charge on any atom is -0.507 e. The monoisotopic (exact) mass is 1070 g/mol. The Morgan fingerprint density at radius 3 is 2.39 bits per heavy atom. The Balaban J connectivity index is 0.894. The number of rotatable bonds is 14. The van der Waals surface area contributed by atoms with E-state index in [-0.39, 0.29) is 72.1 Å². The molecule has 0 unspecified atom stereocenters. The molecule has 4 aliphatic rings. The highest BCUT2D eigenvalue weighted by molar-refractivity contribution is 6.31. The summed E-state index contributed by atoms with van der Waals surface area (Å²) in [5, 5.41) is 81.5. The Morgan fingerprint density at radius 1 is 0.974 bits per heavy atom. The van der Waals surface area contributed by atoms with Crippen molar-refractivity contribution >= 4 is 40.9 Å². The van der Waals surface area contributed by atoms with Gasteiger partial charge in [-0.25, -0.2) is 9.69 Å². The summed E-state index contributed by atoms with van der Waals surface area (Å²) in [6.45, 7) is 2.27. The summed E-state index contributed by atoms with van der Waals surface area (Å²) >= 11 is 0. The number of alkyl halides is 3. The van der Waals surface area contributed by atoms with Crippen LogP contribution in [0.5, 0.6) is 23.0 Å². The number of aromatic hydroxyl groups is 3. The Morgan fingerprint density at radius 2 is 1.70 bits per heavy atom. The molecule has 2 aliphatic carbocycles. The number of fused-ring (bicyclic) bond motifs is 3. The number of methoxy groups -OCH3 is 1. The number of benzene rings is 4. The van der Waals surface area contributed by atoms with Crippen LogP contribution >= 0.6 is 0 Å². The normalized spacial score (nSPS) is 22.6. The maximum Gasteiger partial charge on any atom is 0.417 e. The molecule has 77 heavy (non-hydrogen) atoms. The number of amides is 4. The van der Waals surface area contributed by atoms with Crippen molar-refractivity contribution < 1.29 is 91.5 Å². The van der Waals surface area contributed by atoms with E-state index in [2.05, 4.69) is 22.5 Å². The van der Waals surface area contributed by atoms with E-state index in [1.54, 1.807) is 0 Å². The zero-order chi connectivity index (χ0) is 56.1. The number of anilines is 1. The summed E-state index contributed by atoms with van der Waals surface area (Å²) in [5.41, 5.74) is -7.97. The lowest BCUT2D eigenvalue weighted by Gasteiger charge is -2.43. The highest BCUT2D eigenvalue weighted by atomic mass is 19.4. The number of carbonyl (C=O) groups excluding carboxylic acids is 6. The van der Waals surface area contributed by atoms with Crippen molar-refractivity contribution in [1.29, 1.82) is 5.26 Å². The lowest BCUT2D eigenvalue weighted by Crippen LogP contribution is -2.56. The van der Waals surface area contributed by atoms with Crippen LogP contribution < -0.4 is 20.3 Å². The highest BCUT2D eigenvalue weighted by Crippen LogP contribution is 2.53. The predicted molar refractivity (Wildman–Crippen MR) is 258 cm³/mol. The van der Waals surface area contributed by atoms with Crippen LogP contribution in [0, 0.1) is 23.2 Å². The van der Waals surface area contributed by atoms with E-state index in [4.69, 9.17) is 24.2 Å². The summed E-state index contributed by atoms with van der Waals surface area (Å²) in [6, 6.07) is 10.5. The summed E-state index contributed by atoms with van der Waals surface area (Å²) in [6.07, 6.45) is -11.4. The Labute approximate surface area is 436 Å². The molecule has 8 N–H and O–H groups in total. The molecule has 0 saturated carbocycles. The molecule has 2 heterocycles. The molecule has 0 radical (unpaired) electrons. The van der Waals surface area contributed by atoms with E-state index < -0.39 is 142 Å². The van der Waals surface area contributed by atoms with Crippen molar-refractivity contribution in [2.24, 2.45) is 0 Å². The standard InChI is InChI=1S/C53H50F3N5O16/c1-25-43(65)33(18-38(76-25)77-36-20-52(73,37(64)22-62)19-31-40(36)47(69)42-41(45(31)67)44(66)29-8-7-9-35(74-4)39(29)46(42)68)58-24-59-48(70)30-16-26(10-13-34(30)63)23-75-15-6-5-14-60-50(72)61(49(71)51(60,2)3)28-12-11-27(21-57)32(17-28)53(54,55)56/h7-13,16-17,25,33,36,38,43,58,62-63,65,67,69,73H,14-15,18-20,22-24H2,1-4H3,(H,59,70)/t25-,33-,36-,38-,43+,52-/m0/s1. The number of nitriles is 1. The zero-order valence-corrected chi connectivity index (χ0v) is 41.5. The largest absolute Gasteiger partial charge is 0.507 e. The molecule has 2 fully saturated rings. The molecule has 0 spiro atoms. The number of nitrogens with zero attached hydrogens (tertiary/aromatic N) is 3. The van der Waals surface area contributed by atoms with Crippen molar-refractivity contribution in [1.82, 2.24) is 15.5 Å². The second kappa shape index (κ2) is 21.2. The van der Waals surface area contributed by atoms with Gasteiger partial charge in [-0.15, -0.1) is 0 Å². The molecule has 0 aromatic heterocycles. The van der Waals surface area contributed by atoms with Crippen LogP contribution in [0.1, 0.15) is 110 Å². The van der Waals surface area contributed by atoms with Gasteiger partial charge in [0.15, 0.2) is 17.9 Å². The van der Waals surface area contributed by atoms with Crippen LogP contribution in [0.15, 0.2) is 54.6 Å². The maximum atomic E-state index is 14.0. The number of aliphatic hydroxyl groups is 3. The molecular formula is C53H50F3N5O16. The third-order valence-electron chi connectivity index (χ3n) is 14.0. The van der Waals surface area contributed by atoms with Gasteiger partial charge in [-0.2, -0.15) is 18.4 Å². The summed E-state index contributed by atoms with van der Waals surface area (Å²) < 4.78 is 64.1. The second-order valence-electron chi connectivity index (χ2n) is 19.1. The quantitative estimate of drug-likeness (QED) is 0.0260. The van der Waals surface area contributed by atoms with Gasteiger partial charge in [-0.05, 0) is 62.7 Å². The molecule has 4 aromatic carbocycles. The third-order valence-corrected chi connectivity index (χ3v) is 14.0. The fraction of sp³-hybridized carbons (Fsp3) is 0.377. The molecule has 2 saturated heterocycles. The fourth-order valence-corrected chi connectivity index (χ4v) is 9.87. The highest BCUT2D eigenvalue weighted by Gasteiger charge is 2.53. The maximum absolute atomic E-state index is 14.0. The summed E-state index contributed by atoms with van der Waals surface area (Å²) in [7, 11) is 1.28. The molecular weight excluding hydrogens is 1020 g/mol. The lowest BCUT2D eigenvalue weighted by atomic mass is 9.72. The van der Waals surface area contributed by atoms with Gasteiger partial charge in [0.2, 0.25) is 5.78 Å². The van der Waals surface area contributed by atoms with Crippen molar-refractivity contribution in [2.45, 2.75) is 94.6 Å². The first-order chi connectivity index (χ1) is 36.4. The number of hydrogen-bond acceptors (Lipinski definition) is 18. The molecule has 24 heteroatoms. The van der Waals surface area contributed by atoms with E-state index >= 15 is 0 Å². The van der Waals surface area contributed by atoms with Crippen LogP contribution in [0.4, 0.5) is 23.7 Å². The fourth-order valence-electron chi connectivity index (χ4n) is 9.87. The van der Waals surface area contributed by atoms with Crippen LogP contribution in [-0.2, 0) is 43.0 Å². The first-order valence-electron chi connectivity index (χ1n) is 23.7. The average molecular weight is 1070 g/mol. The molecule has 4 amide bonds. The number of carbonyl (C=O) groups is 6. The Bertz CT molecular complexity index is 3240. The third kappa shape index (κ3) is 10.2. The summed E-state index contributed by atoms with van der Waals surface area (Å²) in [5.74, 6) is -0.890. The van der Waals surface area contributed by atoms with Crippen molar-refractivity contribution in [2.75, 3.05) is 38.4 Å². The molecule has 2 aliphatic heterocycles. The van der Waals surface area contributed by atoms with Gasteiger partial charge in [0.1, 0.15) is 47.4 Å². The molecule has 4 aromatic rings. The van der Waals surface area contributed by atoms with Crippen LogP contribution in [0.2, 0.25) is 0 Å². The first-order valence-corrected chi connectivity index (χ1v) is 23.7. The molecule has 0 bridgehead atoms. The van der Waals surface area contributed by atoms with Crippen molar-refractivity contribution in [3.05, 3.63) is 110 Å². The molecule has 6 atom stereocenters. The lowest BCUT2D eigenvalue weighted by molar-refractivity contribution is -0.249.